The van der Waals surface area contributed by atoms with E-state index in [0.717, 1.165) is 4.90 Å². The number of carbonyl (C=O) groups excluding carboxylic acids is 4. The number of nitrogens with zero attached hydrogens (tertiary/aromatic N) is 1. The first-order valence-corrected chi connectivity index (χ1v) is 10.2. The van der Waals surface area contributed by atoms with Gasteiger partial charge in [-0.3, -0.25) is 19.2 Å². The normalized spacial score (nSPS) is 17.8. The lowest BCUT2D eigenvalue weighted by atomic mass is 9.99. The van der Waals surface area contributed by atoms with Crippen molar-refractivity contribution in [3.63, 3.8) is 0 Å². The quantitative estimate of drug-likeness (QED) is 0.280. The second-order valence-electron chi connectivity index (χ2n) is 7.45. The molecule has 0 aliphatic carbocycles. The number of Topliss-reactive ketones (excluding diaryl/α,β-unsaturated/α-hetero) is 1. The summed E-state index contributed by atoms with van der Waals surface area (Å²) >= 11 is 0. The molecule has 0 radical (unpaired) electrons. The third-order valence-corrected chi connectivity index (χ3v) is 5.05. The van der Waals surface area contributed by atoms with Crippen LogP contribution >= 0.6 is 0 Å². The highest BCUT2D eigenvalue weighted by Crippen LogP contribution is 2.23. The lowest BCUT2D eigenvalue weighted by Gasteiger charge is -2.24. The van der Waals surface area contributed by atoms with E-state index in [1.807, 2.05) is 0 Å². The van der Waals surface area contributed by atoms with Gasteiger partial charge in [0, 0.05) is 19.9 Å². The second kappa shape index (κ2) is 12.9. The molecule has 0 aromatic rings. The molecule has 0 aromatic carbocycles. The van der Waals surface area contributed by atoms with Crippen LogP contribution in [0.5, 0.6) is 0 Å². The predicted molar refractivity (Wildman–Crippen MR) is 105 cm³/mol. The summed E-state index contributed by atoms with van der Waals surface area (Å²) in [5, 5.41) is 13.8. The molecule has 1 aliphatic rings. The number of hydrogen-bond donors (Lipinski definition) is 4. The number of halogens is 2. The SMILES string of the molecule is CC(=O)N[C@@H](CCCCN)C(=O)NCC(=O)C(CC(=O)N1CCC[C@H]1C(=O)O)C(F)F. The first kappa shape index (κ1) is 26.4. The fourth-order valence-corrected chi connectivity index (χ4v) is 3.41. The minimum Gasteiger partial charge on any atom is -0.480 e. The smallest absolute Gasteiger partial charge is 0.326 e. The summed E-state index contributed by atoms with van der Waals surface area (Å²) in [5.74, 6) is -6.26. The molecule has 176 valence electrons. The number of hydrogen-bond acceptors (Lipinski definition) is 6. The highest BCUT2D eigenvalue weighted by molar-refractivity contribution is 5.94. The topological polar surface area (TPSA) is 159 Å². The Morgan fingerprint density at radius 1 is 1.19 bits per heavy atom. The van der Waals surface area contributed by atoms with Crippen molar-refractivity contribution in [1.82, 2.24) is 15.5 Å². The molecule has 5 N–H and O–H groups in total. The van der Waals surface area contributed by atoms with Gasteiger partial charge in [0.1, 0.15) is 12.1 Å². The van der Waals surface area contributed by atoms with E-state index in [0.29, 0.717) is 25.8 Å². The zero-order chi connectivity index (χ0) is 23.6. The zero-order valence-corrected chi connectivity index (χ0v) is 17.4. The number of carboxylic acids is 1. The molecular formula is C19H30F2N4O6. The second-order valence-corrected chi connectivity index (χ2v) is 7.45. The van der Waals surface area contributed by atoms with Crippen LogP contribution in [0.4, 0.5) is 8.78 Å². The van der Waals surface area contributed by atoms with E-state index < -0.39 is 66.9 Å². The van der Waals surface area contributed by atoms with E-state index in [1.54, 1.807) is 0 Å². The van der Waals surface area contributed by atoms with Crippen LogP contribution in [0.2, 0.25) is 0 Å². The number of nitrogens with one attached hydrogen (secondary N) is 2. The molecule has 1 rings (SSSR count). The molecule has 3 amide bonds. The minimum atomic E-state index is -3.16. The molecule has 0 saturated carbocycles. The third kappa shape index (κ3) is 8.56. The summed E-state index contributed by atoms with van der Waals surface area (Å²) in [6.07, 6.45) is -1.93. The highest BCUT2D eigenvalue weighted by atomic mass is 19.3. The van der Waals surface area contributed by atoms with Crippen LogP contribution in [0.1, 0.15) is 45.4 Å². The van der Waals surface area contributed by atoms with Crippen molar-refractivity contribution in [1.29, 1.82) is 0 Å². The summed E-state index contributed by atoms with van der Waals surface area (Å²) < 4.78 is 26.8. The predicted octanol–water partition coefficient (Wildman–Crippen LogP) is -0.348. The Balaban J connectivity index is 2.69. The maximum absolute atomic E-state index is 13.4. The summed E-state index contributed by atoms with van der Waals surface area (Å²) in [7, 11) is 0. The molecule has 0 aromatic heterocycles. The number of amides is 3. The number of ketones is 1. The van der Waals surface area contributed by atoms with Crippen molar-refractivity contribution >= 4 is 29.5 Å². The molecule has 0 bridgehead atoms. The summed E-state index contributed by atoms with van der Waals surface area (Å²) in [4.78, 5) is 60.3. The van der Waals surface area contributed by atoms with Gasteiger partial charge in [-0.15, -0.1) is 0 Å². The molecule has 10 nitrogen and oxygen atoms in total. The van der Waals surface area contributed by atoms with Gasteiger partial charge in [0.25, 0.3) is 0 Å². The standard InChI is InChI=1S/C19H30F2N4O6/c1-11(26)24-13(5-2-3-7-22)18(29)23-10-15(27)12(17(20)21)9-16(28)25-8-4-6-14(25)19(30)31/h12-14,17H,2-10,22H2,1H3,(H,23,29)(H,24,26)(H,30,31)/t12?,13-,14-/m0/s1. The van der Waals surface area contributed by atoms with Crippen LogP contribution in [-0.4, -0.2) is 77.6 Å². The molecule has 0 spiro atoms. The Kier molecular flexibility index (Phi) is 11.0. The van der Waals surface area contributed by atoms with Crippen LogP contribution in [-0.2, 0) is 24.0 Å². The number of unbranched alkanes of at least 4 members (excludes halogenated alkanes) is 1. The number of carboxylic acid groups (broad SMARTS) is 1. The van der Waals surface area contributed by atoms with Crippen molar-refractivity contribution in [3.05, 3.63) is 0 Å². The largest absolute Gasteiger partial charge is 0.480 e. The summed E-state index contributed by atoms with van der Waals surface area (Å²) in [6, 6.07) is -2.03. The van der Waals surface area contributed by atoms with Gasteiger partial charge in [-0.1, -0.05) is 0 Å². The van der Waals surface area contributed by atoms with Crippen molar-refractivity contribution in [3.8, 4) is 0 Å². The number of nitrogens with two attached hydrogens (primary N) is 1. The molecule has 1 fully saturated rings. The summed E-state index contributed by atoms with van der Waals surface area (Å²) in [6.45, 7) is 1.00. The molecule has 1 unspecified atom stereocenters. The van der Waals surface area contributed by atoms with Gasteiger partial charge in [-0.25, -0.2) is 13.6 Å². The number of aliphatic carboxylic acids is 1. The molecule has 12 heteroatoms. The number of rotatable bonds is 13. The van der Waals surface area contributed by atoms with E-state index in [9.17, 15) is 32.8 Å². The Morgan fingerprint density at radius 3 is 2.42 bits per heavy atom. The highest BCUT2D eigenvalue weighted by Gasteiger charge is 2.38. The van der Waals surface area contributed by atoms with Crippen molar-refractivity contribution in [2.24, 2.45) is 11.7 Å². The number of alkyl halides is 2. The zero-order valence-electron chi connectivity index (χ0n) is 17.4. The van der Waals surface area contributed by atoms with E-state index in [2.05, 4.69) is 10.6 Å². The Labute approximate surface area is 178 Å². The van der Waals surface area contributed by atoms with Gasteiger partial charge in [-0.2, -0.15) is 0 Å². The van der Waals surface area contributed by atoms with Gasteiger partial charge in [-0.05, 0) is 38.6 Å². The Bertz CT molecular complexity index is 676. The minimum absolute atomic E-state index is 0.123. The average molecular weight is 448 g/mol. The van der Waals surface area contributed by atoms with E-state index >= 15 is 0 Å². The van der Waals surface area contributed by atoms with Crippen LogP contribution in [0.25, 0.3) is 0 Å². The van der Waals surface area contributed by atoms with E-state index in [4.69, 9.17) is 10.8 Å². The monoisotopic (exact) mass is 448 g/mol. The van der Waals surface area contributed by atoms with Crippen molar-refractivity contribution in [2.45, 2.75) is 64.0 Å². The van der Waals surface area contributed by atoms with Gasteiger partial charge in [0.2, 0.25) is 24.1 Å². The van der Waals surface area contributed by atoms with Crippen LogP contribution < -0.4 is 16.4 Å². The van der Waals surface area contributed by atoms with Crippen LogP contribution in [0, 0.1) is 5.92 Å². The maximum Gasteiger partial charge on any atom is 0.326 e. The van der Waals surface area contributed by atoms with Gasteiger partial charge in [0.15, 0.2) is 5.78 Å². The van der Waals surface area contributed by atoms with Gasteiger partial charge >= 0.3 is 5.97 Å². The first-order valence-electron chi connectivity index (χ1n) is 10.2. The first-order chi connectivity index (χ1) is 14.6. The molecule has 3 atom stereocenters. The fourth-order valence-electron chi connectivity index (χ4n) is 3.41. The molecular weight excluding hydrogens is 418 g/mol. The fraction of sp³-hybridized carbons (Fsp3) is 0.737. The maximum atomic E-state index is 13.4. The third-order valence-electron chi connectivity index (χ3n) is 5.05. The number of carbonyl (C=O) groups is 5. The lowest BCUT2D eigenvalue weighted by Crippen LogP contribution is -2.48. The Hall–Kier alpha value is -2.63. The Morgan fingerprint density at radius 2 is 1.87 bits per heavy atom. The molecule has 31 heavy (non-hydrogen) atoms. The van der Waals surface area contributed by atoms with Gasteiger partial charge < -0.3 is 26.4 Å². The molecule has 1 aliphatic heterocycles. The van der Waals surface area contributed by atoms with E-state index in [1.165, 1.54) is 6.92 Å². The van der Waals surface area contributed by atoms with Crippen LogP contribution in [0.3, 0.4) is 0 Å². The molecule has 1 saturated heterocycles. The van der Waals surface area contributed by atoms with Gasteiger partial charge in [0.05, 0.1) is 12.5 Å². The molecule has 1 heterocycles. The van der Waals surface area contributed by atoms with Crippen molar-refractivity contribution in [2.75, 3.05) is 19.6 Å². The summed E-state index contributed by atoms with van der Waals surface area (Å²) in [5.41, 5.74) is 5.40. The lowest BCUT2D eigenvalue weighted by molar-refractivity contribution is -0.149. The van der Waals surface area contributed by atoms with Crippen LogP contribution in [0.15, 0.2) is 0 Å². The average Bonchev–Trinajstić information content (AvgIpc) is 3.19. The van der Waals surface area contributed by atoms with Crippen molar-refractivity contribution < 1.29 is 37.9 Å². The number of likely N-dealkylation sites (tertiary alicyclic amines) is 1. The van der Waals surface area contributed by atoms with E-state index in [-0.39, 0.29) is 19.4 Å².